The van der Waals surface area contributed by atoms with Crippen LogP contribution in [0.4, 0.5) is 0 Å². The molecule has 0 spiro atoms. The number of likely N-dealkylation sites (N-methyl/N-ethyl adjacent to an activating group) is 1. The van der Waals surface area contributed by atoms with Crippen molar-refractivity contribution in [3.63, 3.8) is 0 Å². The minimum Gasteiger partial charge on any atom is -0.345 e. The molecule has 12 heavy (non-hydrogen) atoms. The fourth-order valence-corrected chi connectivity index (χ4v) is 0.692. The van der Waals surface area contributed by atoms with Crippen LogP contribution in [0.2, 0.25) is 0 Å². The van der Waals surface area contributed by atoms with E-state index in [9.17, 15) is 4.79 Å². The average Bonchev–Trinajstić information content (AvgIpc) is 2.10. The maximum Gasteiger partial charge on any atom is 0.236 e. The number of rotatable bonds is 5. The number of nitrogens with one attached hydrogen (secondary N) is 1. The molecule has 0 heterocycles. The number of hydrogen-bond acceptors (Lipinski definition) is 2. The highest BCUT2D eigenvalue weighted by Gasteiger charge is 2.03. The van der Waals surface area contributed by atoms with E-state index in [2.05, 4.69) is 5.32 Å². The first kappa shape index (κ1) is 11.2. The highest BCUT2D eigenvalue weighted by Crippen LogP contribution is 1.81. The van der Waals surface area contributed by atoms with E-state index in [1.54, 1.807) is 11.9 Å². The molecular weight excluding hydrogens is 152 g/mol. The summed E-state index contributed by atoms with van der Waals surface area (Å²) in [6.45, 7) is 5.88. The normalized spacial score (nSPS) is 10.6. The molecule has 0 fully saturated rings. The Morgan fingerprint density at radius 2 is 2.25 bits per heavy atom. The van der Waals surface area contributed by atoms with Crippen molar-refractivity contribution >= 4 is 5.91 Å². The van der Waals surface area contributed by atoms with E-state index in [1.807, 2.05) is 26.0 Å². The number of allylic oxidation sites excluding steroid dienone is 1. The zero-order chi connectivity index (χ0) is 9.40. The van der Waals surface area contributed by atoms with Gasteiger partial charge in [0.05, 0.1) is 6.54 Å². The maximum atomic E-state index is 11.2. The van der Waals surface area contributed by atoms with Crippen molar-refractivity contribution in [3.8, 4) is 0 Å². The second kappa shape index (κ2) is 6.85. The first-order chi connectivity index (χ1) is 5.72. The van der Waals surface area contributed by atoms with E-state index < -0.39 is 0 Å². The number of hydrogen-bond donors (Lipinski definition) is 1. The second-order valence-corrected chi connectivity index (χ2v) is 2.61. The van der Waals surface area contributed by atoms with Crippen molar-refractivity contribution in [3.05, 3.63) is 12.2 Å². The van der Waals surface area contributed by atoms with Crippen molar-refractivity contribution in [1.29, 1.82) is 0 Å². The zero-order valence-electron chi connectivity index (χ0n) is 8.13. The summed E-state index contributed by atoms with van der Waals surface area (Å²) in [5.41, 5.74) is 0. The first-order valence-electron chi connectivity index (χ1n) is 4.28. The second-order valence-electron chi connectivity index (χ2n) is 2.61. The van der Waals surface area contributed by atoms with Gasteiger partial charge in [0, 0.05) is 20.1 Å². The SMILES string of the molecule is C/C=C/CNCC(=O)N(C)CC. The third-order valence-electron chi connectivity index (χ3n) is 1.67. The van der Waals surface area contributed by atoms with Gasteiger partial charge in [0.2, 0.25) is 5.91 Å². The predicted molar refractivity (Wildman–Crippen MR) is 51.0 cm³/mol. The minimum atomic E-state index is 0.141. The fourth-order valence-electron chi connectivity index (χ4n) is 0.692. The number of amides is 1. The Morgan fingerprint density at radius 1 is 1.58 bits per heavy atom. The van der Waals surface area contributed by atoms with E-state index in [0.29, 0.717) is 6.54 Å². The molecule has 0 radical (unpaired) electrons. The Morgan fingerprint density at radius 3 is 2.75 bits per heavy atom. The molecule has 0 unspecified atom stereocenters. The van der Waals surface area contributed by atoms with Gasteiger partial charge in [0.15, 0.2) is 0 Å². The van der Waals surface area contributed by atoms with Gasteiger partial charge in [-0.3, -0.25) is 4.79 Å². The topological polar surface area (TPSA) is 32.3 Å². The first-order valence-corrected chi connectivity index (χ1v) is 4.28. The van der Waals surface area contributed by atoms with Gasteiger partial charge in [-0.25, -0.2) is 0 Å². The van der Waals surface area contributed by atoms with Crippen molar-refractivity contribution in [2.75, 3.05) is 26.7 Å². The molecule has 0 aromatic carbocycles. The van der Waals surface area contributed by atoms with Crippen LogP contribution in [-0.4, -0.2) is 37.5 Å². The van der Waals surface area contributed by atoms with Crippen LogP contribution in [-0.2, 0) is 4.79 Å². The van der Waals surface area contributed by atoms with Gasteiger partial charge in [-0.15, -0.1) is 0 Å². The Labute approximate surface area is 74.4 Å². The molecule has 3 nitrogen and oxygen atoms in total. The molecule has 0 rings (SSSR count). The molecule has 0 saturated carbocycles. The van der Waals surface area contributed by atoms with Crippen LogP contribution >= 0.6 is 0 Å². The van der Waals surface area contributed by atoms with Crippen molar-refractivity contribution in [2.24, 2.45) is 0 Å². The molecule has 0 atom stereocenters. The van der Waals surface area contributed by atoms with E-state index in [0.717, 1.165) is 13.1 Å². The summed E-state index contributed by atoms with van der Waals surface area (Å²) in [5, 5.41) is 3.02. The van der Waals surface area contributed by atoms with E-state index in [1.165, 1.54) is 0 Å². The molecule has 3 heteroatoms. The summed E-state index contributed by atoms with van der Waals surface area (Å²) in [6, 6.07) is 0. The monoisotopic (exact) mass is 170 g/mol. The summed E-state index contributed by atoms with van der Waals surface area (Å²) < 4.78 is 0. The summed E-state index contributed by atoms with van der Waals surface area (Å²) in [6.07, 6.45) is 3.94. The third-order valence-corrected chi connectivity index (χ3v) is 1.67. The van der Waals surface area contributed by atoms with Crippen LogP contribution in [0.1, 0.15) is 13.8 Å². The van der Waals surface area contributed by atoms with Gasteiger partial charge in [-0.1, -0.05) is 12.2 Å². The summed E-state index contributed by atoms with van der Waals surface area (Å²) in [5.74, 6) is 0.141. The largest absolute Gasteiger partial charge is 0.345 e. The molecule has 0 aliphatic heterocycles. The third kappa shape index (κ3) is 4.91. The zero-order valence-corrected chi connectivity index (χ0v) is 8.13. The lowest BCUT2D eigenvalue weighted by Crippen LogP contribution is -2.35. The molecular formula is C9H18N2O. The molecule has 0 aliphatic carbocycles. The lowest BCUT2D eigenvalue weighted by Gasteiger charge is -2.13. The van der Waals surface area contributed by atoms with Crippen LogP contribution in [0.5, 0.6) is 0 Å². The Bertz CT molecular complexity index is 155. The average molecular weight is 170 g/mol. The molecule has 0 aromatic heterocycles. The van der Waals surface area contributed by atoms with Crippen molar-refractivity contribution in [2.45, 2.75) is 13.8 Å². The Balaban J connectivity index is 3.43. The van der Waals surface area contributed by atoms with Crippen LogP contribution < -0.4 is 5.32 Å². The molecule has 70 valence electrons. The van der Waals surface area contributed by atoms with Crippen LogP contribution in [0, 0.1) is 0 Å². The van der Waals surface area contributed by atoms with E-state index in [4.69, 9.17) is 0 Å². The maximum absolute atomic E-state index is 11.2. The molecule has 0 saturated heterocycles. The number of nitrogens with zero attached hydrogens (tertiary/aromatic N) is 1. The van der Waals surface area contributed by atoms with Gasteiger partial charge in [0.25, 0.3) is 0 Å². The van der Waals surface area contributed by atoms with Crippen LogP contribution in [0.3, 0.4) is 0 Å². The molecule has 0 aliphatic rings. The standard InChI is InChI=1S/C9H18N2O/c1-4-6-7-10-8-9(12)11(3)5-2/h4,6,10H,5,7-8H2,1-3H3/b6-4+. The lowest BCUT2D eigenvalue weighted by molar-refractivity contribution is -0.128. The van der Waals surface area contributed by atoms with Crippen molar-refractivity contribution in [1.82, 2.24) is 10.2 Å². The highest BCUT2D eigenvalue weighted by atomic mass is 16.2. The van der Waals surface area contributed by atoms with Gasteiger partial charge in [0.1, 0.15) is 0 Å². The summed E-state index contributed by atoms with van der Waals surface area (Å²) >= 11 is 0. The Kier molecular flexibility index (Phi) is 6.38. The highest BCUT2D eigenvalue weighted by molar-refractivity contribution is 5.77. The molecule has 0 bridgehead atoms. The number of carbonyl (C=O) groups excluding carboxylic acids is 1. The predicted octanol–water partition coefficient (Wildman–Crippen LogP) is 0.630. The smallest absolute Gasteiger partial charge is 0.236 e. The quantitative estimate of drug-likeness (QED) is 0.485. The lowest BCUT2D eigenvalue weighted by atomic mass is 10.4. The van der Waals surface area contributed by atoms with Gasteiger partial charge < -0.3 is 10.2 Å². The van der Waals surface area contributed by atoms with Crippen molar-refractivity contribution < 1.29 is 4.79 Å². The van der Waals surface area contributed by atoms with Gasteiger partial charge in [-0.2, -0.15) is 0 Å². The molecule has 1 N–H and O–H groups in total. The fraction of sp³-hybridized carbons (Fsp3) is 0.667. The van der Waals surface area contributed by atoms with E-state index in [-0.39, 0.29) is 5.91 Å². The summed E-state index contributed by atoms with van der Waals surface area (Å²) in [7, 11) is 1.81. The van der Waals surface area contributed by atoms with Gasteiger partial charge >= 0.3 is 0 Å². The number of carbonyl (C=O) groups is 1. The minimum absolute atomic E-state index is 0.141. The Hall–Kier alpha value is -0.830. The molecule has 1 amide bonds. The van der Waals surface area contributed by atoms with E-state index >= 15 is 0 Å². The molecule has 0 aromatic rings. The summed E-state index contributed by atoms with van der Waals surface area (Å²) in [4.78, 5) is 12.9. The van der Waals surface area contributed by atoms with Crippen LogP contribution in [0.25, 0.3) is 0 Å². The van der Waals surface area contributed by atoms with Gasteiger partial charge in [-0.05, 0) is 13.8 Å². The van der Waals surface area contributed by atoms with Crippen LogP contribution in [0.15, 0.2) is 12.2 Å².